The van der Waals surface area contributed by atoms with Crippen LogP contribution in [0.25, 0.3) is 0 Å². The number of hydrogen-bond donors (Lipinski definition) is 1. The van der Waals surface area contributed by atoms with Crippen LogP contribution in [0, 0.1) is 0 Å². The smallest absolute Gasteiger partial charge is 0.0750 e. The Bertz CT molecular complexity index is 348. The van der Waals surface area contributed by atoms with E-state index in [1.165, 1.54) is 24.1 Å². The van der Waals surface area contributed by atoms with Crippen LogP contribution in [0.4, 0.5) is 5.69 Å². The second-order valence-electron chi connectivity index (χ2n) is 4.86. The molecule has 0 amide bonds. The van der Waals surface area contributed by atoms with Gasteiger partial charge in [0.25, 0.3) is 0 Å². The van der Waals surface area contributed by atoms with Crippen LogP contribution < -0.4 is 10.2 Å². The lowest BCUT2D eigenvalue weighted by molar-refractivity contribution is 0.0527. The van der Waals surface area contributed by atoms with Gasteiger partial charge in [-0.1, -0.05) is 12.1 Å². The minimum atomic E-state index is 0.403. The Morgan fingerprint density at radius 2 is 2.11 bits per heavy atom. The molecular formula is C15H24N2O. The fourth-order valence-electron chi connectivity index (χ4n) is 2.57. The van der Waals surface area contributed by atoms with Gasteiger partial charge in [-0.05, 0) is 44.5 Å². The summed E-state index contributed by atoms with van der Waals surface area (Å²) in [6.45, 7) is 6.00. The number of rotatable bonds is 5. The maximum absolute atomic E-state index is 5.75. The Morgan fingerprint density at radius 3 is 2.78 bits per heavy atom. The monoisotopic (exact) mass is 248 g/mol. The summed E-state index contributed by atoms with van der Waals surface area (Å²) in [6, 6.07) is 8.86. The molecule has 0 bridgehead atoms. The summed E-state index contributed by atoms with van der Waals surface area (Å²) in [6.07, 6.45) is 2.83. The van der Waals surface area contributed by atoms with Crippen molar-refractivity contribution in [2.45, 2.75) is 32.4 Å². The topological polar surface area (TPSA) is 24.5 Å². The summed E-state index contributed by atoms with van der Waals surface area (Å²) in [5.74, 6) is 0. The van der Waals surface area contributed by atoms with Crippen LogP contribution in [-0.2, 0) is 11.3 Å². The lowest BCUT2D eigenvalue weighted by atomic mass is 10.1. The first-order valence-corrected chi connectivity index (χ1v) is 6.93. The molecule has 1 atom stereocenters. The first-order chi connectivity index (χ1) is 8.83. The van der Waals surface area contributed by atoms with Gasteiger partial charge >= 0.3 is 0 Å². The molecule has 1 aromatic rings. The summed E-state index contributed by atoms with van der Waals surface area (Å²) in [5.41, 5.74) is 2.65. The van der Waals surface area contributed by atoms with Crippen LogP contribution in [0.3, 0.4) is 0 Å². The zero-order valence-corrected chi connectivity index (χ0v) is 11.5. The van der Waals surface area contributed by atoms with E-state index in [1.807, 2.05) is 7.05 Å². The standard InChI is InChI=1S/C15H24N2O/c1-3-18-15-5-4-10-17(12-15)14-8-6-13(7-9-14)11-16-2/h6-9,15-16H,3-5,10-12H2,1-2H3. The van der Waals surface area contributed by atoms with Crippen LogP contribution in [0.5, 0.6) is 0 Å². The third kappa shape index (κ3) is 3.47. The van der Waals surface area contributed by atoms with E-state index in [9.17, 15) is 0 Å². The van der Waals surface area contributed by atoms with Gasteiger partial charge in [-0.15, -0.1) is 0 Å². The van der Waals surface area contributed by atoms with Crippen LogP contribution in [0.1, 0.15) is 25.3 Å². The Labute approximate surface area is 110 Å². The van der Waals surface area contributed by atoms with Crippen LogP contribution in [-0.4, -0.2) is 32.8 Å². The molecule has 0 spiro atoms. The van der Waals surface area contributed by atoms with Crippen molar-refractivity contribution < 1.29 is 4.74 Å². The Kier molecular flexibility index (Phi) is 5.02. The average molecular weight is 248 g/mol. The second-order valence-corrected chi connectivity index (χ2v) is 4.86. The molecular weight excluding hydrogens is 224 g/mol. The molecule has 100 valence electrons. The van der Waals surface area contributed by atoms with Gasteiger partial charge in [-0.2, -0.15) is 0 Å². The van der Waals surface area contributed by atoms with Gasteiger partial charge in [-0.25, -0.2) is 0 Å². The first-order valence-electron chi connectivity index (χ1n) is 6.93. The minimum absolute atomic E-state index is 0.403. The lowest BCUT2D eigenvalue weighted by Crippen LogP contribution is -2.39. The maximum Gasteiger partial charge on any atom is 0.0750 e. The average Bonchev–Trinajstić information content (AvgIpc) is 2.41. The zero-order valence-electron chi connectivity index (χ0n) is 11.5. The number of nitrogens with zero attached hydrogens (tertiary/aromatic N) is 1. The molecule has 1 fully saturated rings. The fourth-order valence-corrected chi connectivity index (χ4v) is 2.57. The van der Waals surface area contributed by atoms with Crippen molar-refractivity contribution in [3.63, 3.8) is 0 Å². The molecule has 3 nitrogen and oxygen atoms in total. The molecule has 1 saturated heterocycles. The highest BCUT2D eigenvalue weighted by Gasteiger charge is 2.19. The van der Waals surface area contributed by atoms with E-state index in [0.717, 1.165) is 26.2 Å². The lowest BCUT2D eigenvalue weighted by Gasteiger charge is -2.34. The summed E-state index contributed by atoms with van der Waals surface area (Å²) in [5, 5.41) is 3.17. The summed E-state index contributed by atoms with van der Waals surface area (Å²) >= 11 is 0. The van der Waals surface area contributed by atoms with E-state index >= 15 is 0 Å². The van der Waals surface area contributed by atoms with E-state index in [-0.39, 0.29) is 0 Å². The number of ether oxygens (including phenoxy) is 1. The first kappa shape index (κ1) is 13.4. The Morgan fingerprint density at radius 1 is 1.33 bits per heavy atom. The molecule has 0 aliphatic carbocycles. The zero-order chi connectivity index (χ0) is 12.8. The van der Waals surface area contributed by atoms with E-state index in [0.29, 0.717) is 6.10 Å². The largest absolute Gasteiger partial charge is 0.377 e. The predicted molar refractivity (Wildman–Crippen MR) is 76.1 cm³/mol. The van der Waals surface area contributed by atoms with Gasteiger partial charge < -0.3 is 15.0 Å². The summed E-state index contributed by atoms with van der Waals surface area (Å²) in [4.78, 5) is 2.44. The molecule has 3 heteroatoms. The fraction of sp³-hybridized carbons (Fsp3) is 0.600. The van der Waals surface area contributed by atoms with Crippen molar-refractivity contribution in [2.75, 3.05) is 31.6 Å². The van der Waals surface area contributed by atoms with Gasteiger partial charge in [0, 0.05) is 31.9 Å². The van der Waals surface area contributed by atoms with Gasteiger partial charge in [0.15, 0.2) is 0 Å². The Hall–Kier alpha value is -1.06. The van der Waals surface area contributed by atoms with Crippen LogP contribution in [0.15, 0.2) is 24.3 Å². The van der Waals surface area contributed by atoms with Crippen LogP contribution >= 0.6 is 0 Å². The molecule has 1 aliphatic heterocycles. The highest BCUT2D eigenvalue weighted by Crippen LogP contribution is 2.21. The number of piperidine rings is 1. The number of anilines is 1. The quantitative estimate of drug-likeness (QED) is 0.866. The van der Waals surface area contributed by atoms with Crippen molar-refractivity contribution in [1.82, 2.24) is 5.32 Å². The molecule has 1 aliphatic rings. The van der Waals surface area contributed by atoms with E-state index in [1.54, 1.807) is 0 Å². The SMILES string of the molecule is CCOC1CCCN(c2ccc(CNC)cc2)C1. The number of hydrogen-bond acceptors (Lipinski definition) is 3. The van der Waals surface area contributed by atoms with E-state index in [4.69, 9.17) is 4.74 Å². The van der Waals surface area contributed by atoms with Crippen molar-refractivity contribution in [2.24, 2.45) is 0 Å². The van der Waals surface area contributed by atoms with Crippen molar-refractivity contribution in [3.05, 3.63) is 29.8 Å². The molecule has 0 radical (unpaired) electrons. The molecule has 1 N–H and O–H groups in total. The minimum Gasteiger partial charge on any atom is -0.377 e. The maximum atomic E-state index is 5.75. The van der Waals surface area contributed by atoms with Gasteiger partial charge in [0.1, 0.15) is 0 Å². The third-order valence-electron chi connectivity index (χ3n) is 3.46. The molecule has 1 unspecified atom stereocenters. The van der Waals surface area contributed by atoms with Crippen molar-refractivity contribution in [1.29, 1.82) is 0 Å². The highest BCUT2D eigenvalue weighted by atomic mass is 16.5. The summed E-state index contributed by atoms with van der Waals surface area (Å²) < 4.78 is 5.75. The van der Waals surface area contributed by atoms with Gasteiger partial charge in [0.2, 0.25) is 0 Å². The highest BCUT2D eigenvalue weighted by molar-refractivity contribution is 5.48. The molecule has 1 heterocycles. The number of benzene rings is 1. The normalized spacial score (nSPS) is 20.1. The van der Waals surface area contributed by atoms with Crippen molar-refractivity contribution in [3.8, 4) is 0 Å². The Balaban J connectivity index is 1.97. The molecule has 1 aromatic carbocycles. The van der Waals surface area contributed by atoms with Crippen molar-refractivity contribution >= 4 is 5.69 Å². The molecule has 0 saturated carbocycles. The van der Waals surface area contributed by atoms with Crippen LogP contribution in [0.2, 0.25) is 0 Å². The number of nitrogens with one attached hydrogen (secondary N) is 1. The van der Waals surface area contributed by atoms with E-state index < -0.39 is 0 Å². The van der Waals surface area contributed by atoms with E-state index in [2.05, 4.69) is 41.4 Å². The predicted octanol–water partition coefficient (Wildman–Crippen LogP) is 2.41. The third-order valence-corrected chi connectivity index (χ3v) is 3.46. The molecule has 2 rings (SSSR count). The summed E-state index contributed by atoms with van der Waals surface area (Å²) in [7, 11) is 1.98. The second kappa shape index (κ2) is 6.76. The van der Waals surface area contributed by atoms with Gasteiger partial charge in [0.05, 0.1) is 6.10 Å². The van der Waals surface area contributed by atoms with Gasteiger partial charge in [-0.3, -0.25) is 0 Å². The molecule has 18 heavy (non-hydrogen) atoms. The molecule has 0 aromatic heterocycles.